The third kappa shape index (κ3) is 5.58. The van der Waals surface area contributed by atoms with Gasteiger partial charge in [0.05, 0.1) is 0 Å². The number of nitrogens with zero attached hydrogens (tertiary/aromatic N) is 1. The molecule has 3 aliphatic carbocycles. The predicted molar refractivity (Wildman–Crippen MR) is 119 cm³/mol. The molecular weight excluding hydrogens is 489 g/mol. The molecule has 0 bridgehead atoms. The van der Waals surface area contributed by atoms with Gasteiger partial charge < -0.3 is 16.0 Å². The minimum Gasteiger partial charge on any atom is -0.354 e. The van der Waals surface area contributed by atoms with Crippen molar-refractivity contribution in [3.8, 4) is 0 Å². The molecule has 4 rings (SSSR count). The first-order chi connectivity index (χ1) is 13.5. The van der Waals surface area contributed by atoms with Crippen molar-refractivity contribution in [1.82, 2.24) is 16.0 Å². The van der Waals surface area contributed by atoms with Gasteiger partial charge in [0.1, 0.15) is 11.6 Å². The Hall–Kier alpha value is -1.45. The molecule has 0 aliphatic heterocycles. The molecule has 160 valence electrons. The maximum atomic E-state index is 14.0. The Morgan fingerprint density at radius 1 is 1.00 bits per heavy atom. The number of halogens is 3. The number of benzene rings is 1. The maximum Gasteiger partial charge on any atom is 0.223 e. The standard InChI is InChI=1S/C21H28F2N4O.HI/c1-24-21(27-18-11-15(18)19-16(22)6-3-7-17(19)23)26-14-5-2-4-12(10-14)20(28)25-13-8-9-13;/h3,6-7,12-15,18H,2,4-5,8-11H2,1H3,(H,25,28)(H2,24,26,27);1H. The van der Waals surface area contributed by atoms with Crippen LogP contribution >= 0.6 is 24.0 Å². The van der Waals surface area contributed by atoms with E-state index in [1.165, 1.54) is 18.2 Å². The van der Waals surface area contributed by atoms with Crippen molar-refractivity contribution in [2.45, 2.75) is 69.0 Å². The lowest BCUT2D eigenvalue weighted by atomic mass is 9.85. The summed E-state index contributed by atoms with van der Waals surface area (Å²) in [4.78, 5) is 16.6. The van der Waals surface area contributed by atoms with Crippen molar-refractivity contribution in [2.75, 3.05) is 7.05 Å². The lowest BCUT2D eigenvalue weighted by Crippen LogP contribution is -2.48. The molecule has 0 saturated heterocycles. The Morgan fingerprint density at radius 2 is 1.72 bits per heavy atom. The van der Waals surface area contributed by atoms with E-state index in [1.54, 1.807) is 7.05 Å². The fourth-order valence-electron chi connectivity index (χ4n) is 4.18. The van der Waals surface area contributed by atoms with Crippen LogP contribution in [0.4, 0.5) is 8.78 Å². The Bertz CT molecular complexity index is 751. The van der Waals surface area contributed by atoms with Crippen LogP contribution < -0.4 is 16.0 Å². The van der Waals surface area contributed by atoms with Crippen LogP contribution in [0, 0.1) is 17.6 Å². The Morgan fingerprint density at radius 3 is 2.38 bits per heavy atom. The summed E-state index contributed by atoms with van der Waals surface area (Å²) in [6, 6.07) is 4.53. The van der Waals surface area contributed by atoms with Crippen LogP contribution in [0.15, 0.2) is 23.2 Å². The van der Waals surface area contributed by atoms with Crippen molar-refractivity contribution < 1.29 is 13.6 Å². The summed E-state index contributed by atoms with van der Waals surface area (Å²) in [5.41, 5.74) is 0.157. The number of aliphatic imine (C=N–C) groups is 1. The zero-order valence-electron chi connectivity index (χ0n) is 16.6. The minimum absolute atomic E-state index is 0. The topological polar surface area (TPSA) is 65.5 Å². The summed E-state index contributed by atoms with van der Waals surface area (Å²) in [5, 5.41) is 9.79. The molecule has 1 aromatic carbocycles. The summed E-state index contributed by atoms with van der Waals surface area (Å²) in [6.07, 6.45) is 6.59. The normalized spacial score (nSPS) is 28.9. The first-order valence-electron chi connectivity index (χ1n) is 10.3. The second-order valence-electron chi connectivity index (χ2n) is 8.29. The van der Waals surface area contributed by atoms with Crippen LogP contribution in [0.3, 0.4) is 0 Å². The number of guanidine groups is 1. The molecule has 3 N–H and O–H groups in total. The van der Waals surface area contributed by atoms with Gasteiger partial charge in [-0.3, -0.25) is 9.79 Å². The molecule has 29 heavy (non-hydrogen) atoms. The third-order valence-electron chi connectivity index (χ3n) is 6.02. The monoisotopic (exact) mass is 518 g/mol. The molecular formula is C21H29F2IN4O. The first kappa shape index (κ1) is 22.2. The number of hydrogen-bond donors (Lipinski definition) is 3. The van der Waals surface area contributed by atoms with E-state index >= 15 is 0 Å². The Balaban J connectivity index is 0.00000240. The predicted octanol–water partition coefficient (Wildman–Crippen LogP) is 3.44. The van der Waals surface area contributed by atoms with Gasteiger partial charge in [0.2, 0.25) is 5.91 Å². The zero-order valence-corrected chi connectivity index (χ0v) is 18.9. The minimum atomic E-state index is -0.492. The van der Waals surface area contributed by atoms with Gasteiger partial charge in [-0.1, -0.05) is 12.5 Å². The average molecular weight is 518 g/mol. The molecule has 5 nitrogen and oxygen atoms in total. The highest BCUT2D eigenvalue weighted by molar-refractivity contribution is 14.0. The number of carbonyl (C=O) groups is 1. The Labute approximate surface area is 187 Å². The van der Waals surface area contributed by atoms with Crippen LogP contribution in [0.2, 0.25) is 0 Å². The fraction of sp³-hybridized carbons (Fsp3) is 0.619. The van der Waals surface area contributed by atoms with Crippen molar-refractivity contribution in [3.05, 3.63) is 35.4 Å². The second kappa shape index (κ2) is 9.57. The van der Waals surface area contributed by atoms with E-state index < -0.39 is 11.6 Å². The summed E-state index contributed by atoms with van der Waals surface area (Å²) in [7, 11) is 1.69. The van der Waals surface area contributed by atoms with E-state index in [0.29, 0.717) is 18.4 Å². The highest BCUT2D eigenvalue weighted by Gasteiger charge is 2.42. The van der Waals surface area contributed by atoms with Crippen molar-refractivity contribution in [2.24, 2.45) is 10.9 Å². The van der Waals surface area contributed by atoms with Crippen molar-refractivity contribution in [1.29, 1.82) is 0 Å². The summed E-state index contributed by atoms with van der Waals surface area (Å²) in [6.45, 7) is 0. The first-order valence-corrected chi connectivity index (χ1v) is 10.3. The molecule has 0 radical (unpaired) electrons. The molecule has 1 aromatic rings. The largest absolute Gasteiger partial charge is 0.354 e. The van der Waals surface area contributed by atoms with Gasteiger partial charge in [0, 0.05) is 42.6 Å². The van der Waals surface area contributed by atoms with Gasteiger partial charge >= 0.3 is 0 Å². The smallest absolute Gasteiger partial charge is 0.223 e. The van der Waals surface area contributed by atoms with Gasteiger partial charge in [0.25, 0.3) is 0 Å². The molecule has 1 amide bonds. The van der Waals surface area contributed by atoms with E-state index in [4.69, 9.17) is 0 Å². The molecule has 8 heteroatoms. The SMILES string of the molecule is CN=C(NC1CCCC(C(=O)NC2CC2)C1)NC1CC1c1c(F)cccc1F.I. The molecule has 3 saturated carbocycles. The molecule has 4 unspecified atom stereocenters. The van der Waals surface area contributed by atoms with Crippen molar-refractivity contribution in [3.63, 3.8) is 0 Å². The quantitative estimate of drug-likeness (QED) is 0.318. The lowest BCUT2D eigenvalue weighted by molar-refractivity contribution is -0.126. The second-order valence-corrected chi connectivity index (χ2v) is 8.29. The van der Waals surface area contributed by atoms with Crippen molar-refractivity contribution >= 4 is 35.8 Å². The number of amides is 1. The highest BCUT2D eigenvalue weighted by atomic mass is 127. The van der Waals surface area contributed by atoms with E-state index in [1.807, 2.05) is 0 Å². The summed E-state index contributed by atoms with van der Waals surface area (Å²) < 4.78 is 27.9. The van der Waals surface area contributed by atoms with Crippen LogP contribution in [0.25, 0.3) is 0 Å². The van der Waals surface area contributed by atoms with E-state index in [2.05, 4.69) is 20.9 Å². The van der Waals surface area contributed by atoms with Crippen LogP contribution in [-0.2, 0) is 4.79 Å². The average Bonchev–Trinajstić information content (AvgIpc) is 3.60. The molecule has 4 atom stereocenters. The van der Waals surface area contributed by atoms with Crippen LogP contribution in [0.5, 0.6) is 0 Å². The van der Waals surface area contributed by atoms with Gasteiger partial charge in [-0.15, -0.1) is 24.0 Å². The maximum absolute atomic E-state index is 14.0. The van der Waals surface area contributed by atoms with Crippen LogP contribution in [-0.4, -0.2) is 37.0 Å². The lowest BCUT2D eigenvalue weighted by Gasteiger charge is -2.30. The third-order valence-corrected chi connectivity index (χ3v) is 6.02. The van der Waals surface area contributed by atoms with Gasteiger partial charge in [-0.2, -0.15) is 0 Å². The molecule has 0 heterocycles. The molecule has 3 aliphatic rings. The fourth-order valence-corrected chi connectivity index (χ4v) is 4.18. The van der Waals surface area contributed by atoms with Gasteiger partial charge in [0.15, 0.2) is 5.96 Å². The Kier molecular flexibility index (Phi) is 7.34. The molecule has 0 aromatic heterocycles. The number of rotatable bonds is 5. The zero-order chi connectivity index (χ0) is 19.7. The van der Waals surface area contributed by atoms with E-state index in [-0.39, 0.29) is 59.4 Å². The number of nitrogens with one attached hydrogen (secondary N) is 3. The number of carbonyl (C=O) groups excluding carboxylic acids is 1. The summed E-state index contributed by atoms with van der Waals surface area (Å²) >= 11 is 0. The number of hydrogen-bond acceptors (Lipinski definition) is 2. The summed E-state index contributed by atoms with van der Waals surface area (Å²) in [5.74, 6) is -0.302. The van der Waals surface area contributed by atoms with E-state index in [0.717, 1.165) is 38.5 Å². The highest BCUT2D eigenvalue weighted by Crippen LogP contribution is 2.43. The molecule has 0 spiro atoms. The van der Waals surface area contributed by atoms with E-state index in [9.17, 15) is 13.6 Å². The molecule has 3 fully saturated rings. The van der Waals surface area contributed by atoms with Gasteiger partial charge in [-0.05, 0) is 50.7 Å². The van der Waals surface area contributed by atoms with Crippen LogP contribution in [0.1, 0.15) is 56.4 Å². The van der Waals surface area contributed by atoms with Gasteiger partial charge in [-0.25, -0.2) is 8.78 Å².